The first-order valence-corrected chi connectivity index (χ1v) is 35.2. The molecule has 15 aromatic rings. The van der Waals surface area contributed by atoms with E-state index >= 15 is 0 Å². The maximum atomic E-state index is 6.73. The average Bonchev–Trinajstić information content (AvgIpc) is 1.61. The molecule has 12 nitrogen and oxygen atoms in total. The zero-order chi connectivity index (χ0) is 70.9. The maximum Gasteiger partial charge on any atom is 2.00 e. The van der Waals surface area contributed by atoms with Gasteiger partial charge in [0.1, 0.15) is 68.6 Å². The first kappa shape index (κ1) is 67.2. The Morgan fingerprint density at radius 3 is 0.705 bits per heavy atom. The molecule has 0 fully saturated rings. The summed E-state index contributed by atoms with van der Waals surface area (Å²) < 4.78 is 26.9. The Kier molecular flexibility index (Phi) is 17.2. The van der Waals surface area contributed by atoms with Crippen molar-refractivity contribution in [3.63, 3.8) is 0 Å². The molecule has 105 heavy (non-hydrogen) atoms. The van der Waals surface area contributed by atoms with Crippen LogP contribution >= 0.6 is 0 Å². The number of nitrogens with one attached hydrogen (secondary N) is 2. The number of aromatic amines is 2. The molecular formula is C92H74N8NiO4+2. The molecule has 0 unspecified atom stereocenters. The number of H-pyrrole nitrogens is 2. The second-order valence-electron chi connectivity index (χ2n) is 28.9. The summed E-state index contributed by atoms with van der Waals surface area (Å²) in [7, 11) is 0. The molecule has 0 saturated heterocycles. The van der Waals surface area contributed by atoms with Crippen molar-refractivity contribution in [3.8, 4) is 91.5 Å². The Morgan fingerprint density at radius 1 is 0.210 bits per heavy atom. The van der Waals surface area contributed by atoms with Crippen LogP contribution in [0.3, 0.4) is 0 Å². The van der Waals surface area contributed by atoms with Gasteiger partial charge in [-0.2, -0.15) is 0 Å². The second-order valence-corrected chi connectivity index (χ2v) is 28.9. The van der Waals surface area contributed by atoms with Crippen LogP contribution in [0.5, 0.6) is 46.0 Å². The van der Waals surface area contributed by atoms with E-state index in [1.807, 2.05) is 146 Å². The van der Waals surface area contributed by atoms with E-state index in [0.29, 0.717) is 103 Å². The van der Waals surface area contributed by atoms with Gasteiger partial charge in [0, 0.05) is 65.5 Å². The zero-order valence-electron chi connectivity index (χ0n) is 59.3. The minimum absolute atomic E-state index is 0. The second kappa shape index (κ2) is 26.8. The molecule has 0 amide bonds. The Hall–Kier alpha value is -12.3. The third-order valence-electron chi connectivity index (χ3n) is 20.9. The van der Waals surface area contributed by atoms with Crippen LogP contribution in [-0.4, -0.2) is 39.9 Å². The van der Waals surface area contributed by atoms with Crippen LogP contribution in [0, 0.1) is 0 Å². The van der Waals surface area contributed by atoms with Crippen LogP contribution < -0.4 is 18.9 Å². The Bertz CT molecular complexity index is 5580. The molecular weight excluding hydrogens is 1340 g/mol. The standard InChI is InChI=1S/C92H74N8O4.Ni/c1-89(2,57-21-13-9-14-22-57)61-29-37-65(38-30-61)101-69-45-49-73-77(53-69)85-95-81(73)93-82-75-51-47-71(103-67-41-33-63(34-42-67)91(5,6)59-25-17-11-18-26-59)55-79(75)87(97-82)100-88-80-56-72(104-68-43-35-64(36-44-68)92(7,8)60-27-19-12-20-28-60)48-52-76(80)84(98-88)94-83-74-50-46-70(54-78(74)86(96-83)99-85)102-66-39-31-62(32-40-66)90(3,4)58-23-15-10-16-24-58;/h9-56H,1-8H3,(H2,93,94,95,96,97,98,99,100);/q;+2. The van der Waals surface area contributed by atoms with Crippen LogP contribution in [-0.2, 0) is 38.2 Å². The number of hydrogen-bond donors (Lipinski definition) is 2. The Labute approximate surface area is 619 Å². The van der Waals surface area contributed by atoms with Crippen molar-refractivity contribution in [1.29, 1.82) is 0 Å². The number of fused-ring (bicyclic) bond motifs is 20. The average molecular weight is 1410 g/mol. The van der Waals surface area contributed by atoms with E-state index in [9.17, 15) is 0 Å². The van der Waals surface area contributed by atoms with Gasteiger partial charge in [0.25, 0.3) is 0 Å². The van der Waals surface area contributed by atoms with Gasteiger partial charge < -0.3 is 28.9 Å². The van der Waals surface area contributed by atoms with Gasteiger partial charge in [0.2, 0.25) is 0 Å². The number of ether oxygens (including phenoxy) is 4. The van der Waals surface area contributed by atoms with Crippen LogP contribution in [0.25, 0.3) is 89.7 Å². The van der Waals surface area contributed by atoms with Crippen LogP contribution in [0.2, 0.25) is 0 Å². The van der Waals surface area contributed by atoms with Crippen molar-refractivity contribution in [2.24, 2.45) is 0 Å². The van der Waals surface area contributed by atoms with E-state index in [2.05, 4.69) is 211 Å². The molecule has 8 bridgehead atoms. The summed E-state index contributed by atoms with van der Waals surface area (Å²) in [5.74, 6) is 6.83. The molecule has 2 aliphatic rings. The molecule has 13 heteroatoms. The minimum atomic E-state index is -0.226. The van der Waals surface area contributed by atoms with Gasteiger partial charge in [-0.1, -0.05) is 225 Å². The Balaban J connectivity index is 0.00000847. The number of aromatic nitrogens is 8. The molecule has 0 spiro atoms. The van der Waals surface area contributed by atoms with Crippen molar-refractivity contribution >= 4 is 44.1 Å². The molecule has 514 valence electrons. The fourth-order valence-electron chi connectivity index (χ4n) is 14.4. The van der Waals surface area contributed by atoms with Crippen LogP contribution in [0.15, 0.2) is 291 Å². The SMILES string of the molecule is CC(C)(c1ccccc1)c1ccc(Oc2ccc3c(c2)-c2nc-3nc3[nH]c(nc4nc(nc5[nH]c(n2)c2cc(Oc6ccc(C(C)(C)c7ccccc7)cc6)ccc52)-c2ccc(Oc5ccc(C(C)(C)c6ccccc6)cc5)cc2-4)c2cc(Oc4ccc(C(C)(C)c5ccccc5)cc4)ccc32)cc1.[Ni+2]. The molecule has 0 atom stereocenters. The van der Waals surface area contributed by atoms with Crippen molar-refractivity contribution in [1.82, 2.24) is 39.9 Å². The largest absolute Gasteiger partial charge is 2.00 e. The van der Waals surface area contributed by atoms with E-state index < -0.39 is 0 Å². The van der Waals surface area contributed by atoms with E-state index in [-0.39, 0.29) is 38.2 Å². The van der Waals surface area contributed by atoms with Crippen molar-refractivity contribution < 1.29 is 35.4 Å². The molecule has 5 heterocycles. The smallest absolute Gasteiger partial charge is 0.457 e. The van der Waals surface area contributed by atoms with Crippen molar-refractivity contribution in [2.45, 2.75) is 77.0 Å². The summed E-state index contributed by atoms with van der Waals surface area (Å²) in [6.45, 7) is 17.9. The molecule has 12 aromatic carbocycles. The van der Waals surface area contributed by atoms with E-state index in [0.717, 1.165) is 32.7 Å². The molecule has 17 rings (SSSR count). The first-order valence-electron chi connectivity index (χ1n) is 35.2. The third-order valence-corrected chi connectivity index (χ3v) is 20.9. The topological polar surface area (TPSA) is 146 Å². The maximum absolute atomic E-state index is 6.73. The number of benzene rings is 12. The van der Waals surface area contributed by atoms with Crippen LogP contribution in [0.1, 0.15) is 99.9 Å². The minimum Gasteiger partial charge on any atom is -0.457 e. The predicted octanol–water partition coefficient (Wildman–Crippen LogP) is 23.3. The monoisotopic (exact) mass is 1410 g/mol. The van der Waals surface area contributed by atoms with Crippen LogP contribution in [0.4, 0.5) is 0 Å². The fourth-order valence-corrected chi connectivity index (χ4v) is 14.4. The van der Waals surface area contributed by atoms with Gasteiger partial charge in [-0.15, -0.1) is 0 Å². The quantitative estimate of drug-likeness (QED) is 0.0897. The fraction of sp³-hybridized carbons (Fsp3) is 0.130. The summed E-state index contributed by atoms with van der Waals surface area (Å²) >= 11 is 0. The van der Waals surface area contributed by atoms with Gasteiger partial charge in [0.05, 0.1) is 0 Å². The van der Waals surface area contributed by atoms with Crippen molar-refractivity contribution in [3.05, 3.63) is 336 Å². The normalized spacial score (nSPS) is 12.1. The van der Waals surface area contributed by atoms with Gasteiger partial charge in [-0.05, 0) is 166 Å². The molecule has 3 aromatic heterocycles. The van der Waals surface area contributed by atoms with Gasteiger partial charge in [0.15, 0.2) is 23.3 Å². The zero-order valence-corrected chi connectivity index (χ0v) is 60.3. The van der Waals surface area contributed by atoms with Gasteiger partial charge in [-0.3, -0.25) is 0 Å². The number of rotatable bonds is 16. The van der Waals surface area contributed by atoms with Gasteiger partial charge in [-0.25, -0.2) is 29.9 Å². The molecule has 2 N–H and O–H groups in total. The molecule has 2 aliphatic heterocycles. The summed E-state index contributed by atoms with van der Waals surface area (Å²) in [6.07, 6.45) is 0. The van der Waals surface area contributed by atoms with Crippen molar-refractivity contribution in [2.75, 3.05) is 0 Å². The summed E-state index contributed by atoms with van der Waals surface area (Å²) in [6, 6.07) is 99.2. The third kappa shape index (κ3) is 12.8. The van der Waals surface area contributed by atoms with E-state index in [1.165, 1.54) is 44.5 Å². The first-order chi connectivity index (χ1) is 50.4. The number of hydrogen-bond acceptors (Lipinski definition) is 10. The number of nitrogens with zero attached hydrogens (tertiary/aromatic N) is 6. The summed E-state index contributed by atoms with van der Waals surface area (Å²) in [5.41, 5.74) is 13.6. The molecule has 0 saturated carbocycles. The molecule has 0 radical (unpaired) electrons. The van der Waals surface area contributed by atoms with E-state index in [1.54, 1.807) is 0 Å². The summed E-state index contributed by atoms with van der Waals surface area (Å²) in [4.78, 5) is 39.8. The summed E-state index contributed by atoms with van der Waals surface area (Å²) in [5, 5.41) is 3.04. The molecule has 0 aliphatic carbocycles. The Morgan fingerprint density at radius 2 is 0.429 bits per heavy atom. The van der Waals surface area contributed by atoms with E-state index in [4.69, 9.17) is 48.9 Å². The predicted molar refractivity (Wildman–Crippen MR) is 416 cm³/mol. The van der Waals surface area contributed by atoms with Gasteiger partial charge >= 0.3 is 16.5 Å².